The molecule has 0 bridgehead atoms. The molecule has 7 nitrogen and oxygen atoms in total. The molecular weight excluding hydrogens is 344 g/mol. The van der Waals surface area contributed by atoms with Crippen molar-refractivity contribution in [2.45, 2.75) is 6.10 Å². The molecule has 2 amide bonds. The summed E-state index contributed by atoms with van der Waals surface area (Å²) in [5.74, 6) is 1.65. The quantitative estimate of drug-likeness (QED) is 0.864. The van der Waals surface area contributed by atoms with Crippen molar-refractivity contribution in [1.82, 2.24) is 4.90 Å². The number of primary amides is 1. The highest BCUT2D eigenvalue weighted by Gasteiger charge is 2.25. The summed E-state index contributed by atoms with van der Waals surface area (Å²) in [5.41, 5.74) is 7.00. The number of fused-ring (bicyclic) bond motifs is 1. The van der Waals surface area contributed by atoms with Crippen LogP contribution < -0.4 is 25.4 Å². The van der Waals surface area contributed by atoms with Gasteiger partial charge >= 0.3 is 6.03 Å². The number of rotatable bonds is 4. The first kappa shape index (κ1) is 17.5. The SMILES string of the molecule is NC(=O)Nc1cccc(N2CCN(CC3COc4ccccc4O3)CC2)c1. The summed E-state index contributed by atoms with van der Waals surface area (Å²) in [6.07, 6.45) is 0.0505. The van der Waals surface area contributed by atoms with Crippen LogP contribution in [0.1, 0.15) is 0 Å². The van der Waals surface area contributed by atoms with E-state index in [0.29, 0.717) is 12.3 Å². The Bertz CT molecular complexity index is 805. The van der Waals surface area contributed by atoms with Gasteiger partial charge in [0.15, 0.2) is 11.5 Å². The normalized spacial score (nSPS) is 19.6. The second kappa shape index (κ2) is 7.75. The van der Waals surface area contributed by atoms with Gasteiger partial charge in [-0.15, -0.1) is 0 Å². The van der Waals surface area contributed by atoms with E-state index in [1.807, 2.05) is 42.5 Å². The van der Waals surface area contributed by atoms with Crippen LogP contribution in [0.4, 0.5) is 16.2 Å². The number of nitrogens with zero attached hydrogens (tertiary/aromatic N) is 2. The molecule has 7 heteroatoms. The van der Waals surface area contributed by atoms with E-state index in [-0.39, 0.29) is 6.10 Å². The number of piperazine rings is 1. The molecule has 2 aromatic rings. The monoisotopic (exact) mass is 368 g/mol. The molecule has 0 spiro atoms. The number of hydrogen-bond acceptors (Lipinski definition) is 5. The Hall–Kier alpha value is -2.93. The van der Waals surface area contributed by atoms with Gasteiger partial charge in [0.2, 0.25) is 0 Å². The van der Waals surface area contributed by atoms with Gasteiger partial charge in [-0.1, -0.05) is 18.2 Å². The second-order valence-electron chi connectivity index (χ2n) is 6.82. The van der Waals surface area contributed by atoms with Crippen molar-refractivity contribution in [3.63, 3.8) is 0 Å². The third kappa shape index (κ3) is 4.25. The molecule has 1 unspecified atom stereocenters. The van der Waals surface area contributed by atoms with Crippen LogP contribution in [-0.2, 0) is 0 Å². The third-order valence-corrected chi connectivity index (χ3v) is 4.88. The number of benzene rings is 2. The smallest absolute Gasteiger partial charge is 0.316 e. The summed E-state index contributed by atoms with van der Waals surface area (Å²) >= 11 is 0. The van der Waals surface area contributed by atoms with Crippen molar-refractivity contribution in [1.29, 1.82) is 0 Å². The predicted octanol–water partition coefficient (Wildman–Crippen LogP) is 2.14. The molecule has 27 heavy (non-hydrogen) atoms. The van der Waals surface area contributed by atoms with Gasteiger partial charge in [-0.3, -0.25) is 4.90 Å². The summed E-state index contributed by atoms with van der Waals surface area (Å²) in [6.45, 7) is 5.18. The number of para-hydroxylation sites is 2. The maximum absolute atomic E-state index is 11.0. The zero-order valence-corrected chi connectivity index (χ0v) is 15.1. The topological polar surface area (TPSA) is 80.1 Å². The van der Waals surface area contributed by atoms with E-state index in [2.05, 4.69) is 21.2 Å². The average Bonchev–Trinajstić information content (AvgIpc) is 2.68. The van der Waals surface area contributed by atoms with E-state index >= 15 is 0 Å². The Morgan fingerprint density at radius 3 is 2.63 bits per heavy atom. The summed E-state index contributed by atoms with van der Waals surface area (Å²) in [7, 11) is 0. The predicted molar refractivity (Wildman–Crippen MR) is 105 cm³/mol. The maximum atomic E-state index is 11.0. The van der Waals surface area contributed by atoms with E-state index in [1.54, 1.807) is 0 Å². The first-order chi connectivity index (χ1) is 13.2. The minimum atomic E-state index is -0.548. The number of hydrogen-bond donors (Lipinski definition) is 2. The van der Waals surface area contributed by atoms with Crippen LogP contribution in [0.25, 0.3) is 0 Å². The number of carbonyl (C=O) groups is 1. The summed E-state index contributed by atoms with van der Waals surface area (Å²) in [5, 5.41) is 2.63. The molecule has 0 aliphatic carbocycles. The van der Waals surface area contributed by atoms with E-state index in [9.17, 15) is 4.79 Å². The Morgan fingerprint density at radius 2 is 1.85 bits per heavy atom. The number of amides is 2. The second-order valence-corrected chi connectivity index (χ2v) is 6.82. The Balaban J connectivity index is 1.30. The number of urea groups is 1. The zero-order valence-electron chi connectivity index (χ0n) is 15.1. The van der Waals surface area contributed by atoms with Gasteiger partial charge in [-0.25, -0.2) is 4.79 Å². The number of carbonyl (C=O) groups excluding carboxylic acids is 1. The van der Waals surface area contributed by atoms with Crippen molar-refractivity contribution in [2.75, 3.05) is 49.5 Å². The lowest BCUT2D eigenvalue weighted by Gasteiger charge is -2.38. The maximum Gasteiger partial charge on any atom is 0.316 e. The van der Waals surface area contributed by atoms with Crippen LogP contribution in [-0.4, -0.2) is 56.4 Å². The summed E-state index contributed by atoms with van der Waals surface area (Å²) in [6, 6.07) is 15.0. The molecule has 1 fully saturated rings. The minimum Gasteiger partial charge on any atom is -0.486 e. The van der Waals surface area contributed by atoms with Crippen LogP contribution in [0.15, 0.2) is 48.5 Å². The highest BCUT2D eigenvalue weighted by Crippen LogP contribution is 2.31. The molecule has 2 aliphatic heterocycles. The molecule has 0 radical (unpaired) electrons. The van der Waals surface area contributed by atoms with Gasteiger partial charge in [-0.2, -0.15) is 0 Å². The van der Waals surface area contributed by atoms with Gasteiger partial charge in [0, 0.05) is 44.1 Å². The lowest BCUT2D eigenvalue weighted by Crippen LogP contribution is -2.50. The van der Waals surface area contributed by atoms with Crippen LogP contribution in [0.5, 0.6) is 11.5 Å². The first-order valence-electron chi connectivity index (χ1n) is 9.20. The number of anilines is 2. The van der Waals surface area contributed by atoms with Gasteiger partial charge < -0.3 is 25.4 Å². The number of ether oxygens (including phenoxy) is 2. The molecule has 1 atom stereocenters. The molecule has 3 N–H and O–H groups in total. The molecule has 0 saturated carbocycles. The van der Waals surface area contributed by atoms with Gasteiger partial charge in [0.1, 0.15) is 12.7 Å². The fraction of sp³-hybridized carbons (Fsp3) is 0.350. The van der Waals surface area contributed by atoms with E-state index in [1.165, 1.54) is 0 Å². The lowest BCUT2D eigenvalue weighted by atomic mass is 10.2. The van der Waals surface area contributed by atoms with Crippen LogP contribution in [0.2, 0.25) is 0 Å². The summed E-state index contributed by atoms with van der Waals surface area (Å²) < 4.78 is 11.9. The zero-order chi connectivity index (χ0) is 18.6. The Labute approximate surface area is 158 Å². The number of nitrogens with two attached hydrogens (primary N) is 1. The fourth-order valence-electron chi connectivity index (χ4n) is 3.55. The summed E-state index contributed by atoms with van der Waals surface area (Å²) in [4.78, 5) is 15.8. The van der Waals surface area contributed by atoms with Crippen molar-refractivity contribution >= 4 is 17.4 Å². The van der Waals surface area contributed by atoms with Gasteiger partial charge in [0.05, 0.1) is 0 Å². The highest BCUT2D eigenvalue weighted by atomic mass is 16.6. The van der Waals surface area contributed by atoms with Crippen molar-refractivity contribution in [3.05, 3.63) is 48.5 Å². The van der Waals surface area contributed by atoms with Gasteiger partial charge in [0.25, 0.3) is 0 Å². The molecule has 2 aromatic carbocycles. The van der Waals surface area contributed by atoms with Crippen LogP contribution >= 0.6 is 0 Å². The van der Waals surface area contributed by atoms with Crippen LogP contribution in [0.3, 0.4) is 0 Å². The molecule has 142 valence electrons. The van der Waals surface area contributed by atoms with Crippen molar-refractivity contribution < 1.29 is 14.3 Å². The average molecular weight is 368 g/mol. The van der Waals surface area contributed by atoms with Crippen LogP contribution in [0, 0.1) is 0 Å². The van der Waals surface area contributed by atoms with Crippen molar-refractivity contribution in [2.24, 2.45) is 5.73 Å². The fourth-order valence-corrected chi connectivity index (χ4v) is 3.55. The molecule has 0 aromatic heterocycles. The Kier molecular flexibility index (Phi) is 5.02. The Morgan fingerprint density at radius 1 is 1.07 bits per heavy atom. The standard InChI is InChI=1S/C20H24N4O3/c21-20(25)22-15-4-3-5-16(12-15)24-10-8-23(9-11-24)13-17-14-26-18-6-1-2-7-19(18)27-17/h1-7,12,17H,8-11,13-14H2,(H3,21,22,25). The molecule has 2 aliphatic rings. The molecule has 2 heterocycles. The molecular formula is C20H24N4O3. The first-order valence-corrected chi connectivity index (χ1v) is 9.20. The third-order valence-electron chi connectivity index (χ3n) is 4.88. The van der Waals surface area contributed by atoms with Gasteiger partial charge in [-0.05, 0) is 30.3 Å². The minimum absolute atomic E-state index is 0.0505. The molecule has 1 saturated heterocycles. The van der Waals surface area contributed by atoms with E-state index < -0.39 is 6.03 Å². The van der Waals surface area contributed by atoms with E-state index in [4.69, 9.17) is 15.2 Å². The largest absolute Gasteiger partial charge is 0.486 e. The highest BCUT2D eigenvalue weighted by molar-refractivity contribution is 5.88. The lowest BCUT2D eigenvalue weighted by molar-refractivity contribution is 0.0571. The molecule has 4 rings (SSSR count). The number of nitrogens with one attached hydrogen (secondary N) is 1. The van der Waals surface area contributed by atoms with Crippen molar-refractivity contribution in [3.8, 4) is 11.5 Å². The van der Waals surface area contributed by atoms with E-state index in [0.717, 1.165) is 49.9 Å².